The standard InChI is InChI=1S/C12H16N4O/c1-3-9-7(2)4-10-14-11(8-5-13-6-8)15-16(10)12(9)17/h4,8,13H,3,5-6H2,1-2H3,(H,14,15). The van der Waals surface area contributed by atoms with E-state index in [9.17, 15) is 4.79 Å². The predicted molar refractivity (Wildman–Crippen MR) is 65.5 cm³/mol. The number of hydrogen-bond donors (Lipinski definition) is 2. The Morgan fingerprint density at radius 3 is 2.88 bits per heavy atom. The molecule has 0 saturated carbocycles. The molecule has 5 heteroatoms. The Bertz CT molecular complexity index is 621. The average molecular weight is 232 g/mol. The van der Waals surface area contributed by atoms with E-state index >= 15 is 0 Å². The third-order valence-corrected chi connectivity index (χ3v) is 3.50. The van der Waals surface area contributed by atoms with E-state index in [2.05, 4.69) is 15.4 Å². The largest absolute Gasteiger partial charge is 0.315 e. The summed E-state index contributed by atoms with van der Waals surface area (Å²) in [5.41, 5.74) is 2.66. The number of pyridine rings is 1. The molecule has 0 amide bonds. The summed E-state index contributed by atoms with van der Waals surface area (Å²) in [4.78, 5) is 16.7. The van der Waals surface area contributed by atoms with Crippen LogP contribution < -0.4 is 10.9 Å². The molecule has 1 fully saturated rings. The molecule has 90 valence electrons. The van der Waals surface area contributed by atoms with Crippen molar-refractivity contribution in [3.05, 3.63) is 33.4 Å². The number of hydrogen-bond acceptors (Lipinski definition) is 3. The molecule has 0 unspecified atom stereocenters. The normalized spacial score (nSPS) is 16.4. The molecule has 3 heterocycles. The van der Waals surface area contributed by atoms with Crippen LogP contribution in [0.5, 0.6) is 0 Å². The van der Waals surface area contributed by atoms with E-state index in [1.807, 2.05) is 19.9 Å². The second-order valence-corrected chi connectivity index (χ2v) is 4.62. The van der Waals surface area contributed by atoms with Crippen LogP contribution in [0.4, 0.5) is 0 Å². The van der Waals surface area contributed by atoms with Crippen molar-refractivity contribution in [2.24, 2.45) is 0 Å². The van der Waals surface area contributed by atoms with Crippen LogP contribution in [-0.2, 0) is 6.42 Å². The molecule has 0 spiro atoms. The maximum atomic E-state index is 12.2. The first-order chi connectivity index (χ1) is 8.20. The summed E-state index contributed by atoms with van der Waals surface area (Å²) in [6.07, 6.45) is 0.757. The van der Waals surface area contributed by atoms with Gasteiger partial charge in [0.2, 0.25) is 0 Å². The van der Waals surface area contributed by atoms with Crippen LogP contribution in [0.1, 0.15) is 29.8 Å². The fraction of sp³-hybridized carbons (Fsp3) is 0.500. The Morgan fingerprint density at radius 2 is 2.29 bits per heavy atom. The van der Waals surface area contributed by atoms with E-state index in [1.165, 1.54) is 0 Å². The van der Waals surface area contributed by atoms with E-state index in [-0.39, 0.29) is 5.56 Å². The van der Waals surface area contributed by atoms with Crippen LogP contribution in [0.25, 0.3) is 5.65 Å². The quantitative estimate of drug-likeness (QED) is 0.796. The molecule has 2 aromatic heterocycles. The minimum Gasteiger partial charge on any atom is -0.315 e. The van der Waals surface area contributed by atoms with E-state index < -0.39 is 0 Å². The lowest BCUT2D eigenvalue weighted by Gasteiger charge is -2.24. The SMILES string of the molecule is CCc1c(C)cc2nc(C3CNC3)[nH]n2c1=O. The second kappa shape index (κ2) is 3.70. The van der Waals surface area contributed by atoms with Crippen molar-refractivity contribution in [2.45, 2.75) is 26.2 Å². The highest BCUT2D eigenvalue weighted by atomic mass is 16.1. The molecule has 2 aromatic rings. The average Bonchev–Trinajstić information content (AvgIpc) is 2.59. The molecule has 2 N–H and O–H groups in total. The highest BCUT2D eigenvalue weighted by Crippen LogP contribution is 2.17. The molecule has 0 aliphatic carbocycles. The zero-order chi connectivity index (χ0) is 12.0. The van der Waals surface area contributed by atoms with Gasteiger partial charge in [-0.1, -0.05) is 6.92 Å². The summed E-state index contributed by atoms with van der Waals surface area (Å²) in [7, 11) is 0. The third-order valence-electron chi connectivity index (χ3n) is 3.50. The minimum atomic E-state index is 0.0357. The lowest BCUT2D eigenvalue weighted by molar-refractivity contribution is 0.430. The maximum Gasteiger partial charge on any atom is 0.274 e. The first-order valence-electron chi connectivity index (χ1n) is 6.02. The lowest BCUT2D eigenvalue weighted by Crippen LogP contribution is -2.40. The first kappa shape index (κ1) is 10.5. The predicted octanol–water partition coefficient (Wildman–Crippen LogP) is 0.580. The number of rotatable bonds is 2. The number of aryl methyl sites for hydroxylation is 1. The van der Waals surface area contributed by atoms with Crippen molar-refractivity contribution in [1.29, 1.82) is 0 Å². The van der Waals surface area contributed by atoms with E-state index in [1.54, 1.807) is 4.52 Å². The monoisotopic (exact) mass is 232 g/mol. The summed E-state index contributed by atoms with van der Waals surface area (Å²) < 4.78 is 1.57. The van der Waals surface area contributed by atoms with E-state index in [0.29, 0.717) is 5.92 Å². The number of nitrogens with zero attached hydrogens (tertiary/aromatic N) is 2. The van der Waals surface area contributed by atoms with Crippen LogP contribution in [0, 0.1) is 6.92 Å². The lowest BCUT2D eigenvalue weighted by atomic mass is 10.0. The van der Waals surface area contributed by atoms with Crippen molar-refractivity contribution in [3.63, 3.8) is 0 Å². The van der Waals surface area contributed by atoms with Crippen LogP contribution in [0.2, 0.25) is 0 Å². The summed E-state index contributed by atoms with van der Waals surface area (Å²) in [5, 5.41) is 6.33. The minimum absolute atomic E-state index is 0.0357. The number of aromatic nitrogens is 3. The van der Waals surface area contributed by atoms with Crippen LogP contribution in [0.3, 0.4) is 0 Å². The van der Waals surface area contributed by atoms with Crippen molar-refractivity contribution in [3.8, 4) is 0 Å². The van der Waals surface area contributed by atoms with Crippen molar-refractivity contribution in [1.82, 2.24) is 19.9 Å². The van der Waals surface area contributed by atoms with Crippen molar-refractivity contribution in [2.75, 3.05) is 13.1 Å². The molecular weight excluding hydrogens is 216 g/mol. The zero-order valence-corrected chi connectivity index (χ0v) is 10.1. The topological polar surface area (TPSA) is 62.2 Å². The fourth-order valence-corrected chi connectivity index (χ4v) is 2.30. The van der Waals surface area contributed by atoms with Gasteiger partial charge in [-0.3, -0.25) is 9.89 Å². The summed E-state index contributed by atoms with van der Waals surface area (Å²) in [6, 6.07) is 1.98. The third kappa shape index (κ3) is 1.50. The number of fused-ring (bicyclic) bond motifs is 1. The van der Waals surface area contributed by atoms with Crippen LogP contribution in [-0.4, -0.2) is 27.7 Å². The van der Waals surface area contributed by atoms with Gasteiger partial charge in [0, 0.05) is 24.6 Å². The molecule has 1 saturated heterocycles. The van der Waals surface area contributed by atoms with Gasteiger partial charge in [-0.15, -0.1) is 0 Å². The van der Waals surface area contributed by atoms with E-state index in [4.69, 9.17) is 0 Å². The van der Waals surface area contributed by atoms with Crippen molar-refractivity contribution < 1.29 is 0 Å². The van der Waals surface area contributed by atoms with Gasteiger partial charge in [-0.25, -0.2) is 4.98 Å². The van der Waals surface area contributed by atoms with Gasteiger partial charge in [0.05, 0.1) is 0 Å². The Hall–Kier alpha value is -1.62. The Labute approximate surface area is 98.9 Å². The first-order valence-corrected chi connectivity index (χ1v) is 6.02. The van der Waals surface area contributed by atoms with Gasteiger partial charge in [0.1, 0.15) is 5.82 Å². The van der Waals surface area contributed by atoms with Gasteiger partial charge in [-0.05, 0) is 25.0 Å². The Kier molecular flexibility index (Phi) is 2.29. The zero-order valence-electron chi connectivity index (χ0n) is 10.1. The Balaban J connectivity index is 2.21. The molecule has 1 aliphatic rings. The number of H-pyrrole nitrogens is 1. The molecule has 5 nitrogen and oxygen atoms in total. The van der Waals surface area contributed by atoms with Gasteiger partial charge in [0.15, 0.2) is 5.65 Å². The summed E-state index contributed by atoms with van der Waals surface area (Å²) in [6.45, 7) is 5.85. The van der Waals surface area contributed by atoms with Gasteiger partial charge in [-0.2, -0.15) is 4.52 Å². The second-order valence-electron chi connectivity index (χ2n) is 4.62. The number of nitrogens with one attached hydrogen (secondary N) is 2. The van der Waals surface area contributed by atoms with Crippen LogP contribution >= 0.6 is 0 Å². The maximum absolute atomic E-state index is 12.2. The van der Waals surface area contributed by atoms with Gasteiger partial charge >= 0.3 is 0 Å². The smallest absolute Gasteiger partial charge is 0.274 e. The highest BCUT2D eigenvalue weighted by molar-refractivity contribution is 5.44. The van der Waals surface area contributed by atoms with Crippen molar-refractivity contribution >= 4 is 5.65 Å². The summed E-state index contributed by atoms with van der Waals surface area (Å²) in [5.74, 6) is 1.33. The molecule has 1 aliphatic heterocycles. The molecule has 3 rings (SSSR count). The molecule has 0 aromatic carbocycles. The molecular formula is C12H16N4O. The Morgan fingerprint density at radius 1 is 1.53 bits per heavy atom. The van der Waals surface area contributed by atoms with Crippen LogP contribution in [0.15, 0.2) is 10.9 Å². The van der Waals surface area contributed by atoms with Gasteiger partial charge in [0.25, 0.3) is 5.56 Å². The highest BCUT2D eigenvalue weighted by Gasteiger charge is 2.23. The fourth-order valence-electron chi connectivity index (χ4n) is 2.30. The molecule has 0 bridgehead atoms. The van der Waals surface area contributed by atoms with Gasteiger partial charge < -0.3 is 5.32 Å². The molecule has 0 atom stereocenters. The molecule has 0 radical (unpaired) electrons. The van der Waals surface area contributed by atoms with E-state index in [0.717, 1.165) is 42.1 Å². The summed E-state index contributed by atoms with van der Waals surface area (Å²) >= 11 is 0. The number of aromatic amines is 1. The molecule has 17 heavy (non-hydrogen) atoms.